The molecule has 0 aromatic heterocycles. The number of amides is 1. The number of carboxylic acids is 1. The minimum Gasteiger partial charge on any atom is -0.548 e. The number of carbonyl (C=O) groups excluding carboxylic acids is 2. The molecule has 0 spiro atoms. The Balaban J connectivity index is 2.27. The molecule has 104 valence electrons. The van der Waals surface area contributed by atoms with Gasteiger partial charge >= 0.3 is 0 Å². The first kappa shape index (κ1) is 14.4. The molecule has 2 rings (SSSR count). The highest BCUT2D eigenvalue weighted by atomic mass is 32.2. The molecule has 1 fully saturated rings. The SMILES string of the molecule is O=C([O-])CN1C(=O)/C(=C\c2ccc(O)c(O)c2)SC1=S. The number of aliphatic carboxylic acids is 1. The van der Waals surface area contributed by atoms with Gasteiger partial charge in [-0.2, -0.15) is 0 Å². The van der Waals surface area contributed by atoms with Gasteiger partial charge in [0.25, 0.3) is 5.91 Å². The van der Waals surface area contributed by atoms with Crippen LogP contribution in [0.15, 0.2) is 23.1 Å². The average molecular weight is 310 g/mol. The summed E-state index contributed by atoms with van der Waals surface area (Å²) in [5.41, 5.74) is 0.481. The number of hydrogen-bond donors (Lipinski definition) is 2. The van der Waals surface area contributed by atoms with Crippen LogP contribution in [0.2, 0.25) is 0 Å². The zero-order valence-electron chi connectivity index (χ0n) is 9.90. The Morgan fingerprint density at radius 1 is 1.40 bits per heavy atom. The van der Waals surface area contributed by atoms with E-state index < -0.39 is 18.4 Å². The second kappa shape index (κ2) is 5.51. The fourth-order valence-corrected chi connectivity index (χ4v) is 2.80. The number of rotatable bonds is 3. The largest absolute Gasteiger partial charge is 0.548 e. The summed E-state index contributed by atoms with van der Waals surface area (Å²) in [6, 6.07) is 4.06. The molecule has 1 saturated heterocycles. The van der Waals surface area contributed by atoms with Crippen LogP contribution in [0, 0.1) is 0 Å². The van der Waals surface area contributed by atoms with Crippen LogP contribution in [0.3, 0.4) is 0 Å². The van der Waals surface area contributed by atoms with Crippen LogP contribution in [0.5, 0.6) is 11.5 Å². The number of carbonyl (C=O) groups is 2. The molecule has 0 saturated carbocycles. The zero-order valence-corrected chi connectivity index (χ0v) is 11.5. The van der Waals surface area contributed by atoms with Gasteiger partial charge in [-0.1, -0.05) is 30.0 Å². The van der Waals surface area contributed by atoms with Gasteiger partial charge in [-0.15, -0.1) is 0 Å². The molecule has 0 unspecified atom stereocenters. The van der Waals surface area contributed by atoms with Crippen LogP contribution in [0.25, 0.3) is 6.08 Å². The Labute approximate surface area is 123 Å². The van der Waals surface area contributed by atoms with Gasteiger partial charge in [0.2, 0.25) is 0 Å². The summed E-state index contributed by atoms with van der Waals surface area (Å²) in [7, 11) is 0. The molecular weight excluding hydrogens is 302 g/mol. The van der Waals surface area contributed by atoms with Crippen molar-refractivity contribution in [3.63, 3.8) is 0 Å². The first-order valence-corrected chi connectivity index (χ1v) is 6.58. The maximum absolute atomic E-state index is 12.0. The molecule has 1 aliphatic rings. The van der Waals surface area contributed by atoms with Crippen LogP contribution < -0.4 is 5.11 Å². The van der Waals surface area contributed by atoms with Gasteiger partial charge in [0.05, 0.1) is 17.4 Å². The minimum absolute atomic E-state index is 0.133. The number of phenolic OH excluding ortho intramolecular Hbond substituents is 2. The molecule has 1 aromatic carbocycles. The van der Waals surface area contributed by atoms with E-state index in [1.165, 1.54) is 24.3 Å². The van der Waals surface area contributed by atoms with Crippen molar-refractivity contribution in [2.45, 2.75) is 0 Å². The number of benzene rings is 1. The molecule has 20 heavy (non-hydrogen) atoms. The highest BCUT2D eigenvalue weighted by molar-refractivity contribution is 8.26. The summed E-state index contributed by atoms with van der Waals surface area (Å²) in [5.74, 6) is -2.52. The normalized spacial score (nSPS) is 17.0. The van der Waals surface area contributed by atoms with Crippen LogP contribution in [-0.2, 0) is 9.59 Å². The molecule has 0 bridgehead atoms. The molecule has 1 amide bonds. The summed E-state index contributed by atoms with van der Waals surface area (Å²) >= 11 is 5.88. The fraction of sp³-hybridized carbons (Fsp3) is 0.0833. The van der Waals surface area contributed by atoms with Crippen molar-refractivity contribution in [2.24, 2.45) is 0 Å². The summed E-state index contributed by atoms with van der Waals surface area (Å²) < 4.78 is 0.133. The molecule has 0 aliphatic carbocycles. The van der Waals surface area contributed by atoms with Crippen molar-refractivity contribution in [1.29, 1.82) is 0 Å². The van der Waals surface area contributed by atoms with Crippen molar-refractivity contribution in [1.82, 2.24) is 4.90 Å². The van der Waals surface area contributed by atoms with Gasteiger partial charge < -0.3 is 20.1 Å². The fourth-order valence-electron chi connectivity index (χ4n) is 1.55. The van der Waals surface area contributed by atoms with E-state index in [9.17, 15) is 24.9 Å². The number of nitrogens with zero attached hydrogens (tertiary/aromatic N) is 1. The van der Waals surface area contributed by atoms with Crippen molar-refractivity contribution in [2.75, 3.05) is 6.54 Å². The first-order valence-electron chi connectivity index (χ1n) is 5.35. The van der Waals surface area contributed by atoms with Gasteiger partial charge in [0.1, 0.15) is 4.32 Å². The van der Waals surface area contributed by atoms with Crippen LogP contribution in [-0.4, -0.2) is 37.9 Å². The zero-order chi connectivity index (χ0) is 14.9. The molecule has 6 nitrogen and oxygen atoms in total. The van der Waals surface area contributed by atoms with Gasteiger partial charge in [-0.3, -0.25) is 9.69 Å². The number of phenols is 2. The molecule has 8 heteroatoms. The van der Waals surface area contributed by atoms with Gasteiger partial charge in [-0.25, -0.2) is 0 Å². The maximum atomic E-state index is 12.0. The summed E-state index contributed by atoms with van der Waals surface area (Å²) in [6.45, 7) is -0.594. The van der Waals surface area contributed by atoms with E-state index in [0.717, 1.165) is 16.7 Å². The van der Waals surface area contributed by atoms with E-state index in [2.05, 4.69) is 0 Å². The highest BCUT2D eigenvalue weighted by Gasteiger charge is 2.31. The quantitative estimate of drug-likeness (QED) is 0.462. The van der Waals surface area contributed by atoms with Crippen LogP contribution in [0.4, 0.5) is 0 Å². The Hall–Kier alpha value is -2.06. The summed E-state index contributed by atoms with van der Waals surface area (Å²) in [4.78, 5) is 23.7. The molecule has 1 aliphatic heterocycles. The second-order valence-electron chi connectivity index (χ2n) is 3.89. The lowest BCUT2D eigenvalue weighted by molar-refractivity contribution is -0.305. The van der Waals surface area contributed by atoms with E-state index in [-0.39, 0.29) is 20.7 Å². The Morgan fingerprint density at radius 3 is 2.70 bits per heavy atom. The Kier molecular flexibility index (Phi) is 3.96. The molecular formula is C12H8NO5S2-. The third kappa shape index (κ3) is 2.91. The van der Waals surface area contributed by atoms with Crippen molar-refractivity contribution in [3.05, 3.63) is 28.7 Å². The predicted molar refractivity (Wildman–Crippen MR) is 74.7 cm³/mol. The minimum atomic E-state index is -1.40. The molecule has 1 aromatic rings. The predicted octanol–water partition coefficient (Wildman–Crippen LogP) is 0.0489. The van der Waals surface area contributed by atoms with Gasteiger partial charge in [-0.05, 0) is 23.8 Å². The third-order valence-corrected chi connectivity index (χ3v) is 3.84. The van der Waals surface area contributed by atoms with E-state index in [0.29, 0.717) is 5.56 Å². The average Bonchev–Trinajstić information content (AvgIpc) is 2.61. The van der Waals surface area contributed by atoms with Crippen molar-refractivity contribution in [3.8, 4) is 11.5 Å². The number of carboxylic acid groups (broad SMARTS) is 1. The molecule has 1 heterocycles. The molecule has 2 N–H and O–H groups in total. The lowest BCUT2D eigenvalue weighted by Gasteiger charge is -2.14. The topological polar surface area (TPSA) is 101 Å². The second-order valence-corrected chi connectivity index (χ2v) is 5.56. The standard InChI is InChI=1S/C12H9NO5S2/c14-7-2-1-6(3-8(7)15)4-9-11(18)13(5-10(16)17)12(19)20-9/h1-4,14-15H,5H2,(H,16,17)/p-1/b9-4+. The Morgan fingerprint density at radius 2 is 2.10 bits per heavy atom. The first-order chi connectivity index (χ1) is 9.38. The number of hydrogen-bond acceptors (Lipinski definition) is 7. The highest BCUT2D eigenvalue weighted by Crippen LogP contribution is 2.33. The Bertz CT molecular complexity index is 641. The number of aromatic hydroxyl groups is 2. The lowest BCUT2D eigenvalue weighted by atomic mass is 10.2. The third-order valence-electron chi connectivity index (χ3n) is 2.46. The van der Waals surface area contributed by atoms with Gasteiger partial charge in [0, 0.05) is 0 Å². The number of thiocarbonyl (C=S) groups is 1. The van der Waals surface area contributed by atoms with E-state index in [1.54, 1.807) is 0 Å². The maximum Gasteiger partial charge on any atom is 0.266 e. The lowest BCUT2D eigenvalue weighted by Crippen LogP contribution is -2.40. The van der Waals surface area contributed by atoms with Crippen molar-refractivity contribution < 1.29 is 24.9 Å². The summed E-state index contributed by atoms with van der Waals surface area (Å²) in [5, 5.41) is 29.1. The smallest absolute Gasteiger partial charge is 0.266 e. The summed E-state index contributed by atoms with van der Waals surface area (Å²) in [6.07, 6.45) is 1.45. The van der Waals surface area contributed by atoms with Crippen LogP contribution in [0.1, 0.15) is 5.56 Å². The molecule has 0 radical (unpaired) electrons. The van der Waals surface area contributed by atoms with E-state index in [4.69, 9.17) is 12.2 Å². The van der Waals surface area contributed by atoms with E-state index >= 15 is 0 Å². The number of thioether (sulfide) groups is 1. The van der Waals surface area contributed by atoms with E-state index in [1.807, 2.05) is 0 Å². The van der Waals surface area contributed by atoms with Crippen LogP contribution >= 0.6 is 24.0 Å². The monoisotopic (exact) mass is 310 g/mol. The molecule has 0 atom stereocenters. The van der Waals surface area contributed by atoms with Crippen molar-refractivity contribution >= 4 is 46.3 Å². The van der Waals surface area contributed by atoms with Gasteiger partial charge in [0.15, 0.2) is 11.5 Å².